The van der Waals surface area contributed by atoms with Crippen molar-refractivity contribution in [2.75, 3.05) is 32.2 Å². The molecule has 1 aliphatic heterocycles. The minimum atomic E-state index is -0.738. The molecule has 0 aliphatic carbocycles. The van der Waals surface area contributed by atoms with Crippen molar-refractivity contribution in [3.8, 4) is 28.6 Å². The van der Waals surface area contributed by atoms with E-state index < -0.39 is 23.3 Å². The van der Waals surface area contributed by atoms with E-state index in [9.17, 15) is 18.7 Å². The van der Waals surface area contributed by atoms with Crippen LogP contribution in [0.15, 0.2) is 67.0 Å². The average Bonchev–Trinajstić information content (AvgIpc) is 3.39. The third-order valence-corrected chi connectivity index (χ3v) is 8.64. The molecule has 0 unspecified atom stereocenters. The number of carbonyl (C=O) groups excluding carboxylic acids is 1. The highest BCUT2D eigenvalue weighted by Gasteiger charge is 2.25. The van der Waals surface area contributed by atoms with Crippen LogP contribution in [0.5, 0.6) is 17.4 Å². The van der Waals surface area contributed by atoms with Gasteiger partial charge in [-0.2, -0.15) is 0 Å². The molecule has 3 aromatic heterocycles. The first-order chi connectivity index (χ1) is 23.9. The Bertz CT molecular complexity index is 1990. The van der Waals surface area contributed by atoms with Crippen LogP contribution in [-0.4, -0.2) is 64.7 Å². The monoisotopic (exact) mass is 685 g/mol. The number of nitrogens with zero attached hydrogens (tertiary/aromatic N) is 4. The molecule has 1 atom stereocenters. The molecule has 1 amide bonds. The Morgan fingerprint density at radius 2 is 1.82 bits per heavy atom. The number of alkyl carbamates (subject to hydrolysis) is 1. The number of methoxy groups -OCH3 is 2. The minimum Gasteiger partial charge on any atom is -0.497 e. The number of amides is 1. The van der Waals surface area contributed by atoms with Crippen molar-refractivity contribution in [3.05, 3.63) is 95.4 Å². The standard InChI is InChI=1S/C38H41F2N5O5/c1-38(2,3)50-37(47)42-26-8-7-15-44(21-26)27-13-12-25(41-19-27)16-24-17-31(35-29(39)9-6-10-30(35)40)43-32-22-45(36(46)34(24)32)20-23-11-14-28(48-4)18-33(23)49-5/h6,9-14,17-19,22,26,46H,7-8,15-16,20-21H2,1-5H3,(H,42,47)/t26-/m1/s1. The highest BCUT2D eigenvalue weighted by atomic mass is 19.1. The number of hydrogen-bond acceptors (Lipinski definition) is 8. The second-order valence-corrected chi connectivity index (χ2v) is 13.4. The Labute approximate surface area is 289 Å². The predicted octanol–water partition coefficient (Wildman–Crippen LogP) is 7.23. The molecule has 0 saturated carbocycles. The minimum absolute atomic E-state index is 0.0469. The van der Waals surface area contributed by atoms with Crippen molar-refractivity contribution in [3.63, 3.8) is 0 Å². The maximum atomic E-state index is 15.0. The molecule has 1 saturated heterocycles. The number of benzene rings is 2. The number of fused-ring (bicyclic) bond motifs is 1. The van der Waals surface area contributed by atoms with Gasteiger partial charge in [0, 0.05) is 49.1 Å². The number of hydrogen-bond donors (Lipinski definition) is 2. The first-order valence-corrected chi connectivity index (χ1v) is 16.5. The Morgan fingerprint density at radius 1 is 1.04 bits per heavy atom. The van der Waals surface area contributed by atoms with Crippen LogP contribution in [0, 0.1) is 11.6 Å². The van der Waals surface area contributed by atoms with E-state index in [2.05, 4.69) is 15.2 Å². The molecule has 50 heavy (non-hydrogen) atoms. The maximum absolute atomic E-state index is 15.0. The Hall–Kier alpha value is -5.39. The van der Waals surface area contributed by atoms with Crippen LogP contribution in [-0.2, 0) is 17.7 Å². The lowest BCUT2D eigenvalue weighted by molar-refractivity contribution is 0.0500. The van der Waals surface area contributed by atoms with Crippen molar-refractivity contribution in [1.29, 1.82) is 0 Å². The largest absolute Gasteiger partial charge is 0.497 e. The van der Waals surface area contributed by atoms with Gasteiger partial charge in [0.1, 0.15) is 28.7 Å². The van der Waals surface area contributed by atoms with E-state index in [4.69, 9.17) is 19.2 Å². The molecular weight excluding hydrogens is 644 g/mol. The van der Waals surface area contributed by atoms with Crippen LogP contribution in [0.25, 0.3) is 22.2 Å². The maximum Gasteiger partial charge on any atom is 0.407 e. The number of nitrogens with one attached hydrogen (secondary N) is 1. The van der Waals surface area contributed by atoms with Gasteiger partial charge in [0.25, 0.3) is 0 Å². The molecule has 6 rings (SSSR count). The van der Waals surface area contributed by atoms with Gasteiger partial charge in [0.05, 0.1) is 54.8 Å². The van der Waals surface area contributed by atoms with E-state index >= 15 is 0 Å². The zero-order chi connectivity index (χ0) is 35.6. The topological polar surface area (TPSA) is 111 Å². The molecule has 1 fully saturated rings. The lowest BCUT2D eigenvalue weighted by Gasteiger charge is -2.35. The van der Waals surface area contributed by atoms with Crippen molar-refractivity contribution >= 4 is 22.7 Å². The summed E-state index contributed by atoms with van der Waals surface area (Å²) >= 11 is 0. The van der Waals surface area contributed by atoms with Crippen molar-refractivity contribution in [2.45, 2.75) is 58.2 Å². The molecule has 262 valence electrons. The highest BCUT2D eigenvalue weighted by Crippen LogP contribution is 2.36. The predicted molar refractivity (Wildman–Crippen MR) is 187 cm³/mol. The quantitative estimate of drug-likeness (QED) is 0.167. The van der Waals surface area contributed by atoms with Crippen molar-refractivity contribution in [2.24, 2.45) is 0 Å². The summed E-state index contributed by atoms with van der Waals surface area (Å²) < 4.78 is 47.9. The van der Waals surface area contributed by atoms with E-state index in [0.29, 0.717) is 40.2 Å². The van der Waals surface area contributed by atoms with E-state index in [1.807, 2.05) is 39.0 Å². The highest BCUT2D eigenvalue weighted by molar-refractivity contribution is 5.90. The fraction of sp³-hybridized carbons (Fsp3) is 0.342. The van der Waals surface area contributed by atoms with Gasteiger partial charge in [-0.05, 0) is 81.6 Å². The van der Waals surface area contributed by atoms with Crippen LogP contribution < -0.4 is 19.7 Å². The van der Waals surface area contributed by atoms with Crippen molar-refractivity contribution < 1.29 is 32.9 Å². The number of halogens is 2. The molecule has 10 nitrogen and oxygen atoms in total. The number of pyridine rings is 2. The molecule has 2 aromatic carbocycles. The number of rotatable bonds is 9. The smallest absolute Gasteiger partial charge is 0.407 e. The number of piperidine rings is 1. The lowest BCUT2D eigenvalue weighted by atomic mass is 10.0. The summed E-state index contributed by atoms with van der Waals surface area (Å²) in [5, 5.41) is 15.0. The van der Waals surface area contributed by atoms with Gasteiger partial charge in [-0.15, -0.1) is 0 Å². The fourth-order valence-corrected chi connectivity index (χ4v) is 6.33. The van der Waals surface area contributed by atoms with E-state index in [1.165, 1.54) is 18.2 Å². The molecule has 0 radical (unpaired) electrons. The second-order valence-electron chi connectivity index (χ2n) is 13.4. The van der Waals surface area contributed by atoms with Gasteiger partial charge in [0.2, 0.25) is 5.88 Å². The first kappa shape index (κ1) is 34.5. The summed E-state index contributed by atoms with van der Waals surface area (Å²) in [7, 11) is 3.13. The third kappa shape index (κ3) is 7.59. The Kier molecular flexibility index (Phi) is 9.81. The fourth-order valence-electron chi connectivity index (χ4n) is 6.33. The summed E-state index contributed by atoms with van der Waals surface area (Å²) in [6.45, 7) is 7.17. The van der Waals surface area contributed by atoms with E-state index in [1.54, 1.807) is 49.4 Å². The Balaban J connectivity index is 1.30. The third-order valence-electron chi connectivity index (χ3n) is 8.64. The van der Waals surface area contributed by atoms with Gasteiger partial charge >= 0.3 is 6.09 Å². The summed E-state index contributed by atoms with van der Waals surface area (Å²) in [6, 6.07) is 14.5. The number of anilines is 1. The Morgan fingerprint density at radius 3 is 2.50 bits per heavy atom. The number of aromatic nitrogens is 3. The van der Waals surface area contributed by atoms with E-state index in [-0.39, 0.29) is 36.1 Å². The first-order valence-electron chi connectivity index (χ1n) is 16.5. The second kappa shape index (κ2) is 14.2. The van der Waals surface area contributed by atoms with Gasteiger partial charge in [-0.1, -0.05) is 6.07 Å². The van der Waals surface area contributed by atoms with Crippen LogP contribution in [0.2, 0.25) is 0 Å². The van der Waals surface area contributed by atoms with Crippen LogP contribution in [0.3, 0.4) is 0 Å². The molecule has 4 heterocycles. The van der Waals surface area contributed by atoms with E-state index in [0.717, 1.165) is 30.6 Å². The van der Waals surface area contributed by atoms with Crippen LogP contribution in [0.1, 0.15) is 50.4 Å². The summed E-state index contributed by atoms with van der Waals surface area (Å²) in [4.78, 5) is 23.9. The zero-order valence-electron chi connectivity index (χ0n) is 28.8. The molecule has 0 spiro atoms. The van der Waals surface area contributed by atoms with Crippen LogP contribution in [0.4, 0.5) is 19.3 Å². The molecule has 5 aromatic rings. The van der Waals surface area contributed by atoms with Gasteiger partial charge in [-0.25, -0.2) is 18.6 Å². The van der Waals surface area contributed by atoms with Gasteiger partial charge in [0.15, 0.2) is 0 Å². The van der Waals surface area contributed by atoms with Crippen molar-refractivity contribution in [1.82, 2.24) is 19.9 Å². The normalized spacial score (nSPS) is 14.9. The molecule has 0 bridgehead atoms. The number of aromatic hydroxyl groups is 1. The average molecular weight is 686 g/mol. The molecular formula is C38H41F2N5O5. The summed E-state index contributed by atoms with van der Waals surface area (Å²) in [5.74, 6) is -0.317. The zero-order valence-corrected chi connectivity index (χ0v) is 28.8. The summed E-state index contributed by atoms with van der Waals surface area (Å²) in [6.07, 6.45) is 5.01. The van der Waals surface area contributed by atoms with Crippen LogP contribution >= 0.6 is 0 Å². The lowest BCUT2D eigenvalue weighted by Crippen LogP contribution is -2.49. The number of ether oxygens (including phenoxy) is 3. The molecule has 1 aliphatic rings. The molecule has 2 N–H and O–H groups in total. The summed E-state index contributed by atoms with van der Waals surface area (Å²) in [5.41, 5.74) is 2.63. The van der Waals surface area contributed by atoms with Gasteiger partial charge < -0.3 is 34.1 Å². The molecule has 12 heteroatoms. The SMILES string of the molecule is COc1ccc(Cn2cc3nc(-c4c(F)cccc4F)cc(Cc4ccc(N5CCC[C@@H](NC(=O)OC(C)(C)C)C5)cn4)c3c2O)c(OC)c1. The number of carbonyl (C=O) groups is 1. The van der Waals surface area contributed by atoms with Gasteiger partial charge in [-0.3, -0.25) is 4.98 Å².